The highest BCUT2D eigenvalue weighted by Crippen LogP contribution is 2.29. The maximum atomic E-state index is 3.66. The van der Waals surface area contributed by atoms with Gasteiger partial charge in [-0.05, 0) is 62.2 Å². The third-order valence-corrected chi connectivity index (χ3v) is 4.83. The normalized spacial score (nSPS) is 12.4. The molecule has 0 spiro atoms. The summed E-state index contributed by atoms with van der Waals surface area (Å²) >= 11 is 7.21. The van der Waals surface area contributed by atoms with Crippen molar-refractivity contribution in [3.63, 3.8) is 0 Å². The molecule has 2 aromatic carbocycles. The van der Waals surface area contributed by atoms with Crippen LogP contribution in [0.5, 0.6) is 0 Å². The summed E-state index contributed by atoms with van der Waals surface area (Å²) in [5.41, 5.74) is 5.34. The molecule has 0 bridgehead atoms. The summed E-state index contributed by atoms with van der Waals surface area (Å²) in [7, 11) is 2.02. The molecule has 0 aliphatic rings. The second-order valence-corrected chi connectivity index (χ2v) is 6.91. The van der Waals surface area contributed by atoms with Crippen LogP contribution in [0.2, 0.25) is 0 Å². The zero-order valence-corrected chi connectivity index (χ0v) is 15.2. The molecule has 1 atom stereocenters. The second-order valence-electron chi connectivity index (χ2n) is 5.14. The van der Waals surface area contributed by atoms with E-state index in [1.807, 2.05) is 7.05 Å². The summed E-state index contributed by atoms with van der Waals surface area (Å²) < 4.78 is 2.25. The van der Waals surface area contributed by atoms with E-state index in [9.17, 15) is 0 Å². The molecule has 2 aromatic rings. The number of aryl methyl sites for hydroxylation is 2. The molecule has 0 heterocycles. The number of hydrogen-bond donors (Lipinski definition) is 1. The zero-order valence-electron chi connectivity index (χ0n) is 12.0. The Bertz CT molecular complexity index is 608. The highest BCUT2D eigenvalue weighted by Gasteiger charge is 2.15. The van der Waals surface area contributed by atoms with Gasteiger partial charge in [-0.3, -0.25) is 0 Å². The Labute approximate surface area is 138 Å². The van der Waals surface area contributed by atoms with Gasteiger partial charge >= 0.3 is 0 Å². The molecule has 0 aromatic heterocycles. The third-order valence-electron chi connectivity index (χ3n) is 3.61. The maximum absolute atomic E-state index is 3.66. The van der Waals surface area contributed by atoms with E-state index in [4.69, 9.17) is 0 Å². The fourth-order valence-corrected chi connectivity index (χ4v) is 3.29. The van der Waals surface area contributed by atoms with Crippen LogP contribution in [0.1, 0.15) is 28.3 Å². The van der Waals surface area contributed by atoms with Crippen molar-refractivity contribution in [1.29, 1.82) is 0 Å². The monoisotopic (exact) mass is 395 g/mol. The smallest absolute Gasteiger partial charge is 0.0370 e. The van der Waals surface area contributed by atoms with Gasteiger partial charge in [0, 0.05) is 15.0 Å². The van der Waals surface area contributed by atoms with Crippen molar-refractivity contribution in [3.05, 3.63) is 67.6 Å². The summed E-state index contributed by atoms with van der Waals surface area (Å²) in [5, 5.41) is 3.43. The lowest BCUT2D eigenvalue weighted by molar-refractivity contribution is 0.588. The van der Waals surface area contributed by atoms with Crippen LogP contribution in [-0.2, 0) is 6.42 Å². The van der Waals surface area contributed by atoms with Gasteiger partial charge in [-0.2, -0.15) is 0 Å². The predicted octanol–water partition coefficient (Wildman–Crippen LogP) is 5.33. The molecule has 106 valence electrons. The summed E-state index contributed by atoms with van der Waals surface area (Å²) in [6, 6.07) is 13.3. The van der Waals surface area contributed by atoms with Crippen molar-refractivity contribution in [2.24, 2.45) is 0 Å². The molecule has 0 aliphatic carbocycles. The standard InChI is InChI=1S/C17H19Br2N/c1-11-4-5-12(2)13(8-11)9-17(20-3)15-10-14(18)6-7-16(15)19/h4-8,10,17,20H,9H2,1-3H3. The molecule has 1 unspecified atom stereocenters. The first-order chi connectivity index (χ1) is 9.51. The number of rotatable bonds is 4. The molecule has 20 heavy (non-hydrogen) atoms. The minimum absolute atomic E-state index is 0.294. The average Bonchev–Trinajstić information content (AvgIpc) is 2.42. The first-order valence-electron chi connectivity index (χ1n) is 6.69. The van der Waals surface area contributed by atoms with E-state index >= 15 is 0 Å². The lowest BCUT2D eigenvalue weighted by Crippen LogP contribution is -2.19. The molecule has 3 heteroatoms. The van der Waals surface area contributed by atoms with Gasteiger partial charge in [0.15, 0.2) is 0 Å². The van der Waals surface area contributed by atoms with Gasteiger partial charge in [-0.25, -0.2) is 0 Å². The van der Waals surface area contributed by atoms with Crippen molar-refractivity contribution in [1.82, 2.24) is 5.32 Å². The Balaban J connectivity index is 2.33. The van der Waals surface area contributed by atoms with E-state index in [1.54, 1.807) is 0 Å². The van der Waals surface area contributed by atoms with Gasteiger partial charge in [0.25, 0.3) is 0 Å². The quantitative estimate of drug-likeness (QED) is 0.736. The number of halogens is 2. The van der Waals surface area contributed by atoms with Crippen molar-refractivity contribution < 1.29 is 0 Å². The Morgan fingerprint density at radius 2 is 1.80 bits per heavy atom. The van der Waals surface area contributed by atoms with Crippen molar-refractivity contribution in [2.75, 3.05) is 7.05 Å². The first-order valence-corrected chi connectivity index (χ1v) is 8.28. The van der Waals surface area contributed by atoms with Crippen molar-refractivity contribution in [3.8, 4) is 0 Å². The summed E-state index contributed by atoms with van der Waals surface area (Å²) in [6.07, 6.45) is 0.985. The van der Waals surface area contributed by atoms with E-state index < -0.39 is 0 Å². The maximum Gasteiger partial charge on any atom is 0.0370 e. The Kier molecular flexibility index (Phi) is 5.42. The lowest BCUT2D eigenvalue weighted by atomic mass is 9.95. The number of likely N-dealkylation sites (N-methyl/N-ethyl adjacent to an activating group) is 1. The Morgan fingerprint density at radius 3 is 2.50 bits per heavy atom. The first kappa shape index (κ1) is 15.7. The van der Waals surface area contributed by atoms with Gasteiger partial charge in [0.1, 0.15) is 0 Å². The highest BCUT2D eigenvalue weighted by atomic mass is 79.9. The van der Waals surface area contributed by atoms with Crippen LogP contribution < -0.4 is 5.32 Å². The van der Waals surface area contributed by atoms with Crippen molar-refractivity contribution >= 4 is 31.9 Å². The highest BCUT2D eigenvalue weighted by molar-refractivity contribution is 9.11. The van der Waals surface area contributed by atoms with Crippen LogP contribution in [0.3, 0.4) is 0 Å². The molecule has 0 saturated heterocycles. The SMILES string of the molecule is CNC(Cc1cc(C)ccc1C)c1cc(Br)ccc1Br. The average molecular weight is 397 g/mol. The van der Waals surface area contributed by atoms with Crippen LogP contribution in [0.15, 0.2) is 45.3 Å². The van der Waals surface area contributed by atoms with Crippen LogP contribution in [0, 0.1) is 13.8 Å². The minimum Gasteiger partial charge on any atom is -0.313 e. The van der Waals surface area contributed by atoms with Gasteiger partial charge in [0.05, 0.1) is 0 Å². The van der Waals surface area contributed by atoms with Crippen LogP contribution in [0.25, 0.3) is 0 Å². The second kappa shape index (κ2) is 6.88. The van der Waals surface area contributed by atoms with Crippen molar-refractivity contribution in [2.45, 2.75) is 26.3 Å². The number of hydrogen-bond acceptors (Lipinski definition) is 1. The van der Waals surface area contributed by atoms with Gasteiger partial charge in [-0.1, -0.05) is 55.6 Å². The van der Waals surface area contributed by atoms with E-state index in [0.717, 1.165) is 15.4 Å². The van der Waals surface area contributed by atoms with E-state index in [-0.39, 0.29) is 0 Å². The fraction of sp³-hybridized carbons (Fsp3) is 0.294. The van der Waals surface area contributed by atoms with Gasteiger partial charge in [0.2, 0.25) is 0 Å². The van der Waals surface area contributed by atoms with E-state index in [0.29, 0.717) is 6.04 Å². The van der Waals surface area contributed by atoms with Crippen LogP contribution in [0.4, 0.5) is 0 Å². The van der Waals surface area contributed by atoms with Crippen LogP contribution >= 0.6 is 31.9 Å². The molecule has 0 saturated carbocycles. The molecule has 2 rings (SSSR count). The molecule has 0 aliphatic heterocycles. The van der Waals surface area contributed by atoms with Crippen LogP contribution in [-0.4, -0.2) is 7.05 Å². The Hall–Kier alpha value is -0.640. The lowest BCUT2D eigenvalue weighted by Gasteiger charge is -2.20. The third kappa shape index (κ3) is 3.72. The molecule has 0 radical (unpaired) electrons. The van der Waals surface area contributed by atoms with Gasteiger partial charge < -0.3 is 5.32 Å². The molecule has 0 amide bonds. The summed E-state index contributed by atoms with van der Waals surface area (Å²) in [6.45, 7) is 4.32. The Morgan fingerprint density at radius 1 is 1.05 bits per heavy atom. The number of nitrogens with one attached hydrogen (secondary N) is 1. The van der Waals surface area contributed by atoms with E-state index in [2.05, 4.69) is 87.4 Å². The van der Waals surface area contributed by atoms with Gasteiger partial charge in [-0.15, -0.1) is 0 Å². The van der Waals surface area contributed by atoms with E-state index in [1.165, 1.54) is 22.3 Å². The largest absolute Gasteiger partial charge is 0.313 e. The molecular formula is C17H19Br2N. The topological polar surface area (TPSA) is 12.0 Å². The fourth-order valence-electron chi connectivity index (χ4n) is 2.39. The summed E-state index contributed by atoms with van der Waals surface area (Å²) in [4.78, 5) is 0. The predicted molar refractivity (Wildman–Crippen MR) is 93.3 cm³/mol. The zero-order chi connectivity index (χ0) is 14.7. The molecular weight excluding hydrogens is 378 g/mol. The molecule has 0 fully saturated rings. The molecule has 1 N–H and O–H groups in total. The number of benzene rings is 2. The summed E-state index contributed by atoms with van der Waals surface area (Å²) in [5.74, 6) is 0. The minimum atomic E-state index is 0.294. The molecule has 1 nitrogen and oxygen atoms in total.